The molecule has 0 aliphatic heterocycles. The second-order valence-electron chi connectivity index (χ2n) is 8.36. The molecule has 0 spiro atoms. The lowest BCUT2D eigenvalue weighted by atomic mass is 9.88. The Balaban J connectivity index is 1.83. The van der Waals surface area contributed by atoms with Crippen molar-refractivity contribution in [1.82, 2.24) is 0 Å². The molecule has 2 N–H and O–H groups in total. The van der Waals surface area contributed by atoms with Crippen LogP contribution in [-0.2, 0) is 32.1 Å². The van der Waals surface area contributed by atoms with Crippen molar-refractivity contribution >= 4 is 11.8 Å². The molecule has 1 aromatic rings. The Morgan fingerprint density at radius 1 is 1.19 bits per heavy atom. The third-order valence-corrected chi connectivity index (χ3v) is 5.91. The summed E-state index contributed by atoms with van der Waals surface area (Å²) in [6.45, 7) is 0.528. The van der Waals surface area contributed by atoms with Crippen LogP contribution in [0.3, 0.4) is 0 Å². The molecule has 0 radical (unpaired) electrons. The Morgan fingerprint density at radius 2 is 1.94 bits per heavy atom. The van der Waals surface area contributed by atoms with Crippen molar-refractivity contribution in [2.24, 2.45) is 11.8 Å². The van der Waals surface area contributed by atoms with Crippen molar-refractivity contribution in [3.8, 4) is 0 Å². The Kier molecular flexibility index (Phi) is 10.9. The number of carbonyl (C=O) groups excluding carboxylic acids is 2. The van der Waals surface area contributed by atoms with Gasteiger partial charge in [-0.15, -0.1) is 0 Å². The number of ether oxygens (including phenoxy) is 2. The average molecular weight is 433 g/mol. The number of ketones is 1. The maximum absolute atomic E-state index is 12.3. The van der Waals surface area contributed by atoms with Gasteiger partial charge in [-0.2, -0.15) is 0 Å². The monoisotopic (exact) mass is 432 g/mol. The van der Waals surface area contributed by atoms with Crippen LogP contribution >= 0.6 is 0 Å². The molecule has 0 bridgehead atoms. The molecule has 0 unspecified atom stereocenters. The fraction of sp³-hybridized carbons (Fsp3) is 0.600. The van der Waals surface area contributed by atoms with Crippen molar-refractivity contribution in [3.63, 3.8) is 0 Å². The van der Waals surface area contributed by atoms with Crippen molar-refractivity contribution in [1.29, 1.82) is 0 Å². The SMILES string of the molecule is COCc1cccc(C[C@@H](O)C=C[C@H]2[C@H](O)CC(=O)[C@@H]2CCCCCCC(=O)OC)c1. The van der Waals surface area contributed by atoms with Crippen LogP contribution in [0.2, 0.25) is 0 Å². The number of rotatable bonds is 13. The van der Waals surface area contributed by atoms with Crippen molar-refractivity contribution in [2.75, 3.05) is 14.2 Å². The first-order valence-electron chi connectivity index (χ1n) is 11.1. The number of aliphatic hydroxyl groups excluding tert-OH is 2. The average Bonchev–Trinajstić information content (AvgIpc) is 3.01. The summed E-state index contributed by atoms with van der Waals surface area (Å²) in [4.78, 5) is 23.5. The van der Waals surface area contributed by atoms with Crippen LogP contribution in [0, 0.1) is 11.8 Å². The predicted octanol–water partition coefficient (Wildman–Crippen LogP) is 3.37. The van der Waals surface area contributed by atoms with Crippen LogP contribution in [0.4, 0.5) is 0 Å². The first-order valence-corrected chi connectivity index (χ1v) is 11.1. The number of hydrogen-bond donors (Lipinski definition) is 2. The number of hydrogen-bond acceptors (Lipinski definition) is 6. The molecule has 1 fully saturated rings. The molecule has 4 atom stereocenters. The molecule has 0 amide bonds. The molecule has 1 aromatic carbocycles. The summed E-state index contributed by atoms with van der Waals surface area (Å²) in [7, 11) is 3.04. The van der Waals surface area contributed by atoms with E-state index < -0.39 is 12.2 Å². The minimum absolute atomic E-state index is 0.0958. The number of benzene rings is 1. The van der Waals surface area contributed by atoms with Gasteiger partial charge >= 0.3 is 5.97 Å². The molecule has 172 valence electrons. The second-order valence-corrected chi connectivity index (χ2v) is 8.36. The van der Waals surface area contributed by atoms with E-state index in [9.17, 15) is 19.8 Å². The lowest BCUT2D eigenvalue weighted by molar-refractivity contribution is -0.140. The van der Waals surface area contributed by atoms with E-state index in [0.29, 0.717) is 19.4 Å². The van der Waals surface area contributed by atoms with Crippen LogP contribution in [-0.4, -0.2) is 48.4 Å². The van der Waals surface area contributed by atoms with Gasteiger partial charge in [-0.05, 0) is 24.0 Å². The molecule has 6 heteroatoms. The van der Waals surface area contributed by atoms with Crippen molar-refractivity contribution in [3.05, 3.63) is 47.5 Å². The summed E-state index contributed by atoms with van der Waals surface area (Å²) in [6.07, 6.45) is 7.47. The smallest absolute Gasteiger partial charge is 0.305 e. The lowest BCUT2D eigenvalue weighted by Gasteiger charge is -2.18. The molecule has 31 heavy (non-hydrogen) atoms. The predicted molar refractivity (Wildman–Crippen MR) is 118 cm³/mol. The second kappa shape index (κ2) is 13.4. The summed E-state index contributed by atoms with van der Waals surface area (Å²) in [5.74, 6) is -0.553. The largest absolute Gasteiger partial charge is 0.469 e. The molecular formula is C25H36O6. The fourth-order valence-corrected chi connectivity index (χ4v) is 4.26. The van der Waals surface area contributed by atoms with E-state index in [-0.39, 0.29) is 30.0 Å². The Bertz CT molecular complexity index is 728. The van der Waals surface area contributed by atoms with Gasteiger partial charge < -0.3 is 19.7 Å². The minimum Gasteiger partial charge on any atom is -0.469 e. The van der Waals surface area contributed by atoms with Gasteiger partial charge in [0.15, 0.2) is 0 Å². The number of carbonyl (C=O) groups is 2. The number of aliphatic hydroxyl groups is 2. The third kappa shape index (κ3) is 8.56. The van der Waals surface area contributed by atoms with Crippen molar-refractivity contribution in [2.45, 2.75) is 70.2 Å². The van der Waals surface area contributed by atoms with Gasteiger partial charge in [-0.25, -0.2) is 0 Å². The Hall–Kier alpha value is -2.02. The van der Waals surface area contributed by atoms with E-state index in [1.54, 1.807) is 13.2 Å². The quantitative estimate of drug-likeness (QED) is 0.282. The maximum Gasteiger partial charge on any atom is 0.305 e. The van der Waals surface area contributed by atoms with Crippen LogP contribution in [0.5, 0.6) is 0 Å². The molecule has 1 aliphatic rings. The number of methoxy groups -OCH3 is 2. The Morgan fingerprint density at radius 3 is 2.68 bits per heavy atom. The van der Waals surface area contributed by atoms with E-state index in [2.05, 4.69) is 4.74 Å². The van der Waals surface area contributed by atoms with E-state index in [4.69, 9.17) is 4.74 Å². The van der Waals surface area contributed by atoms with Gasteiger partial charge in [-0.1, -0.05) is 55.7 Å². The topological polar surface area (TPSA) is 93.1 Å². The molecule has 1 aliphatic carbocycles. The minimum atomic E-state index is -0.690. The van der Waals surface area contributed by atoms with E-state index >= 15 is 0 Å². The molecule has 2 rings (SSSR count). The summed E-state index contributed by atoms with van der Waals surface area (Å²) in [5.41, 5.74) is 2.07. The first kappa shape index (κ1) is 25.2. The summed E-state index contributed by atoms with van der Waals surface area (Å²) in [5, 5.41) is 20.8. The van der Waals surface area contributed by atoms with Gasteiger partial charge in [0.2, 0.25) is 0 Å². The summed E-state index contributed by atoms with van der Waals surface area (Å²) in [6, 6.07) is 7.90. The highest BCUT2D eigenvalue weighted by atomic mass is 16.5. The van der Waals surface area contributed by atoms with Crippen LogP contribution < -0.4 is 0 Å². The van der Waals surface area contributed by atoms with Crippen molar-refractivity contribution < 1.29 is 29.3 Å². The zero-order valence-corrected chi connectivity index (χ0v) is 18.7. The normalized spacial score (nSPS) is 22.2. The summed E-state index contributed by atoms with van der Waals surface area (Å²) < 4.78 is 9.78. The van der Waals surface area contributed by atoms with Gasteiger partial charge in [0.05, 0.1) is 25.9 Å². The Labute approximate surface area is 185 Å². The first-order chi connectivity index (χ1) is 14.9. The molecule has 0 saturated heterocycles. The third-order valence-electron chi connectivity index (χ3n) is 5.91. The highest BCUT2D eigenvalue weighted by molar-refractivity contribution is 5.84. The van der Waals surface area contributed by atoms with Crippen LogP contribution in [0.25, 0.3) is 0 Å². The van der Waals surface area contributed by atoms with Gasteiger partial charge in [-0.3, -0.25) is 9.59 Å². The number of unbranched alkanes of at least 4 members (excludes halogenated alkanes) is 3. The van der Waals surface area contributed by atoms with E-state index in [0.717, 1.165) is 43.2 Å². The highest BCUT2D eigenvalue weighted by Gasteiger charge is 2.39. The zero-order chi connectivity index (χ0) is 22.6. The molecule has 6 nitrogen and oxygen atoms in total. The molecule has 0 aromatic heterocycles. The standard InChI is InChI=1S/C25H36O6/c1-30-17-19-9-7-8-18(14-19)15-20(26)12-13-22-21(23(27)16-24(22)28)10-5-3-4-6-11-25(29)31-2/h7-9,12-14,20-22,24,26,28H,3-6,10-11,15-17H2,1-2H3/t20-,21+,22+,24+/m0/s1. The van der Waals surface area contributed by atoms with E-state index in [1.807, 2.05) is 30.3 Å². The van der Waals surface area contributed by atoms with Crippen LogP contribution in [0.15, 0.2) is 36.4 Å². The van der Waals surface area contributed by atoms with Gasteiger partial charge in [0, 0.05) is 38.2 Å². The number of esters is 1. The van der Waals surface area contributed by atoms with Crippen LogP contribution in [0.1, 0.15) is 56.1 Å². The molecule has 0 heterocycles. The lowest BCUT2D eigenvalue weighted by Crippen LogP contribution is -2.19. The van der Waals surface area contributed by atoms with E-state index in [1.165, 1.54) is 7.11 Å². The highest BCUT2D eigenvalue weighted by Crippen LogP contribution is 2.34. The fourth-order valence-electron chi connectivity index (χ4n) is 4.26. The maximum atomic E-state index is 12.3. The van der Waals surface area contributed by atoms with Gasteiger partial charge in [0.25, 0.3) is 0 Å². The molecule has 1 saturated carbocycles. The van der Waals surface area contributed by atoms with Gasteiger partial charge in [0.1, 0.15) is 5.78 Å². The molecular weight excluding hydrogens is 396 g/mol. The number of Topliss-reactive ketones (excluding diaryl/α,β-unsaturated/α-hetero) is 1. The summed E-state index contributed by atoms with van der Waals surface area (Å²) >= 11 is 0. The zero-order valence-electron chi connectivity index (χ0n) is 18.7.